The maximum absolute atomic E-state index is 11.7. The van der Waals surface area contributed by atoms with Crippen molar-refractivity contribution in [3.8, 4) is 0 Å². The molecule has 0 fully saturated rings. The fourth-order valence-corrected chi connectivity index (χ4v) is 2.22. The Morgan fingerprint density at radius 3 is 2.88 bits per heavy atom. The van der Waals surface area contributed by atoms with E-state index in [-0.39, 0.29) is 5.78 Å². The second-order valence-electron chi connectivity index (χ2n) is 3.06. The average Bonchev–Trinajstić information content (AvgIpc) is 2.26. The molecule has 0 aromatic heterocycles. The molecule has 1 N–H and O–H groups in total. The third-order valence-electron chi connectivity index (χ3n) is 1.98. The number of carbonyl (C=O) groups is 1. The molecule has 1 aromatic rings. The Balaban J connectivity index is 2.78. The molecule has 16 heavy (non-hydrogen) atoms. The van der Waals surface area contributed by atoms with Gasteiger partial charge in [-0.05, 0) is 30.7 Å². The van der Waals surface area contributed by atoms with Crippen molar-refractivity contribution < 1.29 is 19.4 Å². The van der Waals surface area contributed by atoms with Crippen molar-refractivity contribution in [2.45, 2.75) is 18.2 Å². The summed E-state index contributed by atoms with van der Waals surface area (Å²) in [5.74, 6) is 0.141. The number of ketones is 1. The smallest absolute Gasteiger partial charge is 0.163 e. The number of hydrogen-bond donors (Lipinski definition) is 1. The summed E-state index contributed by atoms with van der Waals surface area (Å²) >= 11 is 3.06. The van der Waals surface area contributed by atoms with E-state index in [1.807, 2.05) is 13.0 Å². The van der Waals surface area contributed by atoms with Gasteiger partial charge in [-0.2, -0.15) is 0 Å². The lowest BCUT2D eigenvalue weighted by Crippen LogP contribution is -2.02. The molecular formula is C10H11IO4S. The van der Waals surface area contributed by atoms with Gasteiger partial charge < -0.3 is 0 Å². The predicted molar refractivity (Wildman–Crippen MR) is 69.7 cm³/mol. The first-order chi connectivity index (χ1) is 7.69. The first-order valence-corrected chi connectivity index (χ1v) is 6.80. The summed E-state index contributed by atoms with van der Waals surface area (Å²) in [5, 5.41) is 11.5. The van der Waals surface area contributed by atoms with Crippen LogP contribution in [0.1, 0.15) is 22.3 Å². The topological polar surface area (TPSA) is 55.8 Å². The lowest BCUT2D eigenvalue weighted by Gasteiger charge is -2.05. The van der Waals surface area contributed by atoms with Crippen LogP contribution in [-0.4, -0.2) is 15.5 Å². The average molecular weight is 354 g/mol. The molecule has 0 aliphatic carbocycles. The van der Waals surface area contributed by atoms with E-state index in [4.69, 9.17) is 5.26 Å². The predicted octanol–water partition coefficient (Wildman–Crippen LogP) is 3.43. The Hall–Kier alpha value is -0.150. The SMILES string of the molecule is Cc1cc(SOOO)ccc1C(=O)CCI. The maximum atomic E-state index is 11.7. The first-order valence-electron chi connectivity index (χ1n) is 4.53. The number of aryl methyl sites for hydroxylation is 1. The second-order valence-corrected chi connectivity index (χ2v) is 4.92. The van der Waals surface area contributed by atoms with Crippen molar-refractivity contribution in [2.24, 2.45) is 0 Å². The Bertz CT molecular complexity index is 370. The van der Waals surface area contributed by atoms with Crippen LogP contribution in [0.4, 0.5) is 0 Å². The van der Waals surface area contributed by atoms with Crippen LogP contribution in [-0.2, 0) is 9.37 Å². The summed E-state index contributed by atoms with van der Waals surface area (Å²) in [5.41, 5.74) is 1.62. The van der Waals surface area contributed by atoms with Gasteiger partial charge in [0.05, 0.1) is 12.0 Å². The Labute approximate surface area is 112 Å². The lowest BCUT2D eigenvalue weighted by molar-refractivity contribution is -0.432. The highest BCUT2D eigenvalue weighted by molar-refractivity contribution is 14.1. The van der Waals surface area contributed by atoms with Gasteiger partial charge in [-0.25, -0.2) is 5.26 Å². The molecular weight excluding hydrogens is 343 g/mol. The molecule has 0 aliphatic heterocycles. The summed E-state index contributed by atoms with van der Waals surface area (Å²) in [6.07, 6.45) is 0.546. The maximum Gasteiger partial charge on any atom is 0.163 e. The summed E-state index contributed by atoms with van der Waals surface area (Å²) in [4.78, 5) is 12.4. The molecule has 0 amide bonds. The van der Waals surface area contributed by atoms with E-state index in [0.717, 1.165) is 32.5 Å². The summed E-state index contributed by atoms with van der Waals surface area (Å²) in [7, 11) is 0. The fraction of sp³-hybridized carbons (Fsp3) is 0.300. The van der Waals surface area contributed by atoms with Gasteiger partial charge >= 0.3 is 0 Å². The van der Waals surface area contributed by atoms with Gasteiger partial charge in [0, 0.05) is 21.3 Å². The standard InChI is InChI=1S/C10H11IO4S/c1-7-6-8(16-15-14-13)2-3-9(7)10(12)4-5-11/h2-3,6,13H,4-5H2,1H3. The zero-order chi connectivity index (χ0) is 12.0. The number of hydrogen-bond acceptors (Lipinski definition) is 5. The fourth-order valence-electron chi connectivity index (χ4n) is 1.28. The van der Waals surface area contributed by atoms with E-state index in [2.05, 4.69) is 32.0 Å². The Kier molecular flexibility index (Phi) is 6.29. The minimum atomic E-state index is 0.141. The van der Waals surface area contributed by atoms with Crippen LogP contribution in [0.5, 0.6) is 0 Å². The van der Waals surface area contributed by atoms with E-state index in [1.54, 1.807) is 12.1 Å². The zero-order valence-corrected chi connectivity index (χ0v) is 11.6. The van der Waals surface area contributed by atoms with Gasteiger partial charge in [0.1, 0.15) is 0 Å². The highest BCUT2D eigenvalue weighted by Gasteiger charge is 2.09. The Morgan fingerprint density at radius 2 is 2.31 bits per heavy atom. The van der Waals surface area contributed by atoms with Crippen LogP contribution < -0.4 is 0 Å². The molecule has 4 nitrogen and oxygen atoms in total. The van der Waals surface area contributed by atoms with Gasteiger partial charge in [0.15, 0.2) is 5.78 Å². The molecule has 0 saturated carbocycles. The third kappa shape index (κ3) is 4.02. The van der Waals surface area contributed by atoms with Crippen molar-refractivity contribution in [3.05, 3.63) is 29.3 Å². The zero-order valence-electron chi connectivity index (χ0n) is 8.60. The van der Waals surface area contributed by atoms with E-state index < -0.39 is 0 Å². The quantitative estimate of drug-likeness (QED) is 0.212. The first kappa shape index (κ1) is 13.9. The van der Waals surface area contributed by atoms with Gasteiger partial charge in [-0.1, -0.05) is 27.6 Å². The van der Waals surface area contributed by atoms with E-state index in [9.17, 15) is 4.79 Å². The largest absolute Gasteiger partial charge is 0.294 e. The molecule has 6 heteroatoms. The van der Waals surface area contributed by atoms with Crippen LogP contribution in [0.15, 0.2) is 23.1 Å². The van der Waals surface area contributed by atoms with Gasteiger partial charge in [0.2, 0.25) is 0 Å². The molecule has 0 aliphatic rings. The number of rotatable bonds is 6. The molecule has 0 bridgehead atoms. The summed E-state index contributed by atoms with van der Waals surface area (Å²) < 4.78 is 5.12. The normalized spacial score (nSPS) is 10.4. The van der Waals surface area contributed by atoms with Crippen LogP contribution in [0.3, 0.4) is 0 Å². The van der Waals surface area contributed by atoms with Crippen molar-refractivity contribution in [3.63, 3.8) is 0 Å². The molecule has 0 radical (unpaired) electrons. The lowest BCUT2D eigenvalue weighted by atomic mass is 10.0. The molecule has 1 rings (SSSR count). The van der Waals surface area contributed by atoms with Crippen molar-refractivity contribution in [1.82, 2.24) is 0 Å². The molecule has 1 aromatic carbocycles. The number of benzene rings is 1. The number of carbonyl (C=O) groups excluding carboxylic acids is 1. The molecule has 0 saturated heterocycles. The van der Waals surface area contributed by atoms with Crippen molar-refractivity contribution >= 4 is 40.4 Å². The molecule has 0 heterocycles. The third-order valence-corrected chi connectivity index (χ3v) is 3.10. The van der Waals surface area contributed by atoms with E-state index in [1.165, 1.54) is 0 Å². The molecule has 0 atom stereocenters. The second kappa shape index (κ2) is 7.23. The van der Waals surface area contributed by atoms with Crippen LogP contribution in [0.2, 0.25) is 0 Å². The summed E-state index contributed by atoms with van der Waals surface area (Å²) in [6.45, 7) is 1.87. The number of Topliss-reactive ketones (excluding diaryl/α,β-unsaturated/α-hetero) is 1. The van der Waals surface area contributed by atoms with Crippen LogP contribution in [0.25, 0.3) is 0 Å². The Morgan fingerprint density at radius 1 is 1.56 bits per heavy atom. The minimum absolute atomic E-state index is 0.141. The monoisotopic (exact) mass is 354 g/mol. The van der Waals surface area contributed by atoms with Crippen molar-refractivity contribution in [2.75, 3.05) is 4.43 Å². The van der Waals surface area contributed by atoms with E-state index >= 15 is 0 Å². The molecule has 88 valence electrons. The summed E-state index contributed by atoms with van der Waals surface area (Å²) in [6, 6.07) is 5.31. The van der Waals surface area contributed by atoms with Gasteiger partial charge in [0.25, 0.3) is 0 Å². The number of halogens is 1. The molecule has 0 spiro atoms. The van der Waals surface area contributed by atoms with Crippen LogP contribution >= 0.6 is 34.6 Å². The highest BCUT2D eigenvalue weighted by atomic mass is 127. The molecule has 0 unspecified atom stereocenters. The highest BCUT2D eigenvalue weighted by Crippen LogP contribution is 2.23. The minimum Gasteiger partial charge on any atom is -0.294 e. The number of alkyl halides is 1. The van der Waals surface area contributed by atoms with Crippen molar-refractivity contribution in [1.29, 1.82) is 0 Å². The van der Waals surface area contributed by atoms with Crippen LogP contribution in [0, 0.1) is 6.92 Å². The van der Waals surface area contributed by atoms with Gasteiger partial charge in [-0.15, -0.1) is 4.33 Å². The van der Waals surface area contributed by atoms with Gasteiger partial charge in [-0.3, -0.25) is 4.79 Å². The van der Waals surface area contributed by atoms with E-state index in [0.29, 0.717) is 6.42 Å².